The van der Waals surface area contributed by atoms with Crippen LogP contribution in [0.15, 0.2) is 24.3 Å². The SMILES string of the molecule is CC(=O)N[C@@H](Cc1ccccc1F)C(=O)N[C@H](C(=O)O)[C@@H]1CCCC(=O)C1. The third kappa shape index (κ3) is 5.87. The molecule has 1 saturated carbocycles. The Morgan fingerprint density at radius 1 is 1.26 bits per heavy atom. The fraction of sp³-hybridized carbons (Fsp3) is 0.474. The summed E-state index contributed by atoms with van der Waals surface area (Å²) in [6.45, 7) is 1.22. The Balaban J connectivity index is 2.15. The maximum atomic E-state index is 13.9. The van der Waals surface area contributed by atoms with E-state index in [0.29, 0.717) is 19.3 Å². The van der Waals surface area contributed by atoms with Crippen LogP contribution in [0.25, 0.3) is 0 Å². The molecule has 0 aliphatic heterocycles. The number of benzene rings is 1. The molecule has 0 heterocycles. The van der Waals surface area contributed by atoms with E-state index in [1.807, 2.05) is 0 Å². The molecule has 2 amide bonds. The minimum absolute atomic E-state index is 0.0310. The number of hydrogen-bond acceptors (Lipinski definition) is 4. The van der Waals surface area contributed by atoms with E-state index in [-0.39, 0.29) is 24.2 Å². The second kappa shape index (κ2) is 9.25. The number of ketones is 1. The highest BCUT2D eigenvalue weighted by Gasteiger charge is 2.35. The van der Waals surface area contributed by atoms with Crippen molar-refractivity contribution in [3.05, 3.63) is 35.6 Å². The van der Waals surface area contributed by atoms with Gasteiger partial charge in [-0.25, -0.2) is 9.18 Å². The van der Waals surface area contributed by atoms with Crippen molar-refractivity contribution >= 4 is 23.6 Å². The number of carbonyl (C=O) groups excluding carboxylic acids is 3. The van der Waals surface area contributed by atoms with E-state index in [2.05, 4.69) is 10.6 Å². The van der Waals surface area contributed by atoms with Gasteiger partial charge >= 0.3 is 5.97 Å². The molecule has 1 aliphatic rings. The molecule has 0 aromatic heterocycles. The standard InChI is InChI=1S/C19H23FN2O5/c1-11(23)21-16(10-12-5-2-3-8-15(12)20)18(25)22-17(19(26)27)13-6-4-7-14(24)9-13/h2-3,5,8,13,16-17H,4,6-7,9-10H2,1H3,(H,21,23)(H,22,25)(H,26,27)/t13-,16+,17+/m1/s1. The molecular weight excluding hydrogens is 355 g/mol. The van der Waals surface area contributed by atoms with E-state index in [1.165, 1.54) is 25.1 Å². The van der Waals surface area contributed by atoms with Crippen molar-refractivity contribution in [1.29, 1.82) is 0 Å². The van der Waals surface area contributed by atoms with Gasteiger partial charge in [0.05, 0.1) is 0 Å². The molecule has 7 nitrogen and oxygen atoms in total. The third-order valence-electron chi connectivity index (χ3n) is 4.63. The van der Waals surface area contributed by atoms with Crippen LogP contribution in [0, 0.1) is 11.7 Å². The summed E-state index contributed by atoms with van der Waals surface area (Å²) in [7, 11) is 0. The van der Waals surface area contributed by atoms with Crippen LogP contribution >= 0.6 is 0 Å². The highest BCUT2D eigenvalue weighted by Crippen LogP contribution is 2.24. The van der Waals surface area contributed by atoms with Crippen LogP contribution in [-0.2, 0) is 25.6 Å². The highest BCUT2D eigenvalue weighted by molar-refractivity contribution is 5.90. The average Bonchev–Trinajstić information content (AvgIpc) is 2.60. The topological polar surface area (TPSA) is 113 Å². The van der Waals surface area contributed by atoms with E-state index in [9.17, 15) is 28.7 Å². The molecule has 3 N–H and O–H groups in total. The first-order valence-corrected chi connectivity index (χ1v) is 8.83. The van der Waals surface area contributed by atoms with Crippen LogP contribution in [0.2, 0.25) is 0 Å². The summed E-state index contributed by atoms with van der Waals surface area (Å²) in [5.74, 6) is -3.51. The van der Waals surface area contributed by atoms with Gasteiger partial charge < -0.3 is 15.7 Å². The number of carboxylic acid groups (broad SMARTS) is 1. The second-order valence-electron chi connectivity index (χ2n) is 6.77. The Bertz CT molecular complexity index is 737. The molecule has 0 bridgehead atoms. The summed E-state index contributed by atoms with van der Waals surface area (Å²) < 4.78 is 13.9. The highest BCUT2D eigenvalue weighted by atomic mass is 19.1. The average molecular weight is 378 g/mol. The zero-order chi connectivity index (χ0) is 20.0. The predicted molar refractivity (Wildman–Crippen MR) is 94.2 cm³/mol. The largest absolute Gasteiger partial charge is 0.480 e. The number of carboxylic acids is 1. The lowest BCUT2D eigenvalue weighted by Crippen LogP contribution is -2.54. The third-order valence-corrected chi connectivity index (χ3v) is 4.63. The van der Waals surface area contributed by atoms with Crippen molar-refractivity contribution in [2.75, 3.05) is 0 Å². The summed E-state index contributed by atoms with van der Waals surface area (Å²) >= 11 is 0. The lowest BCUT2D eigenvalue weighted by atomic mass is 9.83. The van der Waals surface area contributed by atoms with Crippen LogP contribution in [0.1, 0.15) is 38.2 Å². The number of halogens is 1. The van der Waals surface area contributed by atoms with E-state index in [1.54, 1.807) is 6.07 Å². The molecule has 0 unspecified atom stereocenters. The van der Waals surface area contributed by atoms with Gasteiger partial charge in [0.25, 0.3) is 0 Å². The Kier molecular flexibility index (Phi) is 7.04. The summed E-state index contributed by atoms with van der Waals surface area (Å²) in [4.78, 5) is 47.4. The lowest BCUT2D eigenvalue weighted by Gasteiger charge is -2.29. The molecule has 2 rings (SSSR count). The van der Waals surface area contributed by atoms with Crippen molar-refractivity contribution in [3.63, 3.8) is 0 Å². The predicted octanol–water partition coefficient (Wildman–Crippen LogP) is 1.20. The molecule has 3 atom stereocenters. The Labute approximate surface area is 156 Å². The Morgan fingerprint density at radius 2 is 1.96 bits per heavy atom. The van der Waals surface area contributed by atoms with Crippen LogP contribution in [0.4, 0.5) is 4.39 Å². The molecule has 0 saturated heterocycles. The first-order chi connectivity index (χ1) is 12.8. The number of carbonyl (C=O) groups is 4. The summed E-state index contributed by atoms with van der Waals surface area (Å²) in [5.41, 5.74) is 0.228. The van der Waals surface area contributed by atoms with Gasteiger partial charge in [-0.1, -0.05) is 18.2 Å². The molecule has 1 aliphatic carbocycles. The molecule has 1 aromatic carbocycles. The Hall–Kier alpha value is -2.77. The van der Waals surface area contributed by atoms with Gasteiger partial charge in [-0.3, -0.25) is 14.4 Å². The lowest BCUT2D eigenvalue weighted by molar-refractivity contribution is -0.144. The molecule has 146 valence electrons. The van der Waals surface area contributed by atoms with Crippen LogP contribution < -0.4 is 10.6 Å². The molecule has 1 aromatic rings. The van der Waals surface area contributed by atoms with Crippen molar-refractivity contribution < 1.29 is 28.7 Å². The van der Waals surface area contributed by atoms with Gasteiger partial charge in [-0.2, -0.15) is 0 Å². The minimum atomic E-state index is -1.24. The molecule has 27 heavy (non-hydrogen) atoms. The van der Waals surface area contributed by atoms with Crippen molar-refractivity contribution in [2.45, 2.75) is 51.1 Å². The fourth-order valence-electron chi connectivity index (χ4n) is 3.32. The van der Waals surface area contributed by atoms with E-state index >= 15 is 0 Å². The van der Waals surface area contributed by atoms with E-state index in [0.717, 1.165) is 0 Å². The zero-order valence-electron chi connectivity index (χ0n) is 15.0. The molecule has 0 spiro atoms. The van der Waals surface area contributed by atoms with Crippen LogP contribution in [0.5, 0.6) is 0 Å². The zero-order valence-corrected chi connectivity index (χ0v) is 15.0. The van der Waals surface area contributed by atoms with Gasteiger partial charge in [-0.05, 0) is 30.4 Å². The van der Waals surface area contributed by atoms with Gasteiger partial charge in [0.2, 0.25) is 11.8 Å². The number of rotatable bonds is 7. The number of nitrogens with one attached hydrogen (secondary N) is 2. The van der Waals surface area contributed by atoms with Crippen LogP contribution in [-0.4, -0.2) is 40.8 Å². The van der Waals surface area contributed by atoms with Gasteiger partial charge in [0.15, 0.2) is 0 Å². The van der Waals surface area contributed by atoms with Gasteiger partial charge in [-0.15, -0.1) is 0 Å². The maximum Gasteiger partial charge on any atom is 0.326 e. The molecular formula is C19H23FN2O5. The molecule has 1 fully saturated rings. The number of aliphatic carboxylic acids is 1. The minimum Gasteiger partial charge on any atom is -0.480 e. The monoisotopic (exact) mass is 378 g/mol. The van der Waals surface area contributed by atoms with Crippen molar-refractivity contribution in [3.8, 4) is 0 Å². The van der Waals surface area contributed by atoms with E-state index in [4.69, 9.17) is 0 Å². The smallest absolute Gasteiger partial charge is 0.326 e. The first-order valence-electron chi connectivity index (χ1n) is 8.83. The Morgan fingerprint density at radius 3 is 2.56 bits per heavy atom. The quantitative estimate of drug-likeness (QED) is 0.660. The normalized spacial score (nSPS) is 19.0. The van der Waals surface area contributed by atoms with Crippen molar-refractivity contribution in [2.24, 2.45) is 5.92 Å². The molecule has 0 radical (unpaired) electrons. The summed E-state index contributed by atoms with van der Waals surface area (Å²) in [6, 6.07) is 3.48. The maximum absolute atomic E-state index is 13.9. The van der Waals surface area contributed by atoms with Gasteiger partial charge in [0.1, 0.15) is 23.7 Å². The van der Waals surface area contributed by atoms with Gasteiger partial charge in [0, 0.05) is 26.2 Å². The molecule has 8 heteroatoms. The summed E-state index contributed by atoms with van der Waals surface area (Å²) in [6.07, 6.45) is 1.48. The van der Waals surface area contributed by atoms with Crippen molar-refractivity contribution in [1.82, 2.24) is 10.6 Å². The number of amides is 2. The second-order valence-corrected chi connectivity index (χ2v) is 6.77. The van der Waals surface area contributed by atoms with Crippen LogP contribution in [0.3, 0.4) is 0 Å². The summed E-state index contributed by atoms with van der Waals surface area (Å²) in [5, 5.41) is 14.3. The van der Waals surface area contributed by atoms with E-state index < -0.39 is 41.6 Å². The first kappa shape index (κ1) is 20.5. The number of Topliss-reactive ketones (excluding diaryl/α,β-unsaturated/α-hetero) is 1. The fourth-order valence-corrected chi connectivity index (χ4v) is 3.32. The number of hydrogen-bond donors (Lipinski definition) is 3.